The van der Waals surface area contributed by atoms with Crippen LogP contribution in [0.3, 0.4) is 0 Å². The average molecular weight is 413 g/mol. The van der Waals surface area contributed by atoms with Crippen LogP contribution < -0.4 is 0 Å². The van der Waals surface area contributed by atoms with E-state index in [2.05, 4.69) is 6.92 Å². The summed E-state index contributed by atoms with van der Waals surface area (Å²) in [7, 11) is 0. The van der Waals surface area contributed by atoms with E-state index >= 15 is 0 Å². The van der Waals surface area contributed by atoms with Gasteiger partial charge in [-0.15, -0.1) is 0 Å². The summed E-state index contributed by atoms with van der Waals surface area (Å²) in [6, 6.07) is 0. The molecule has 170 valence electrons. The zero-order valence-electron chi connectivity index (χ0n) is 19.7. The van der Waals surface area contributed by atoms with Gasteiger partial charge >= 0.3 is 0 Å². The van der Waals surface area contributed by atoms with Crippen LogP contribution in [0.4, 0.5) is 8.78 Å². The summed E-state index contributed by atoms with van der Waals surface area (Å²) in [6.07, 6.45) is 11.4. The van der Waals surface area contributed by atoms with Crippen molar-refractivity contribution in [1.29, 1.82) is 0 Å². The number of fused-ring (bicyclic) bond motifs is 3. The SMILES string of the molecule is CC.CC(C)OC1C(F)CC(C2CCC(C34CCC(C)(CC3)CC4)CC2)CC1F. The molecule has 5 aliphatic carbocycles. The van der Waals surface area contributed by atoms with Crippen LogP contribution in [0.1, 0.15) is 112 Å². The van der Waals surface area contributed by atoms with Crippen LogP contribution in [0.15, 0.2) is 0 Å². The first kappa shape index (κ1) is 23.5. The molecule has 0 spiro atoms. The Balaban J connectivity index is 0.00000117. The third-order valence-electron chi connectivity index (χ3n) is 9.18. The van der Waals surface area contributed by atoms with Gasteiger partial charge in [0.1, 0.15) is 18.4 Å². The van der Waals surface area contributed by atoms with Gasteiger partial charge in [0, 0.05) is 0 Å². The molecule has 2 atom stereocenters. The van der Waals surface area contributed by atoms with Crippen molar-refractivity contribution < 1.29 is 13.5 Å². The Morgan fingerprint density at radius 3 is 1.69 bits per heavy atom. The van der Waals surface area contributed by atoms with E-state index in [9.17, 15) is 8.78 Å². The van der Waals surface area contributed by atoms with E-state index in [-0.39, 0.29) is 12.0 Å². The van der Waals surface area contributed by atoms with Gasteiger partial charge in [-0.05, 0) is 119 Å². The Hall–Kier alpha value is -0.180. The van der Waals surface area contributed by atoms with Crippen LogP contribution in [0.2, 0.25) is 0 Å². The Morgan fingerprint density at radius 1 is 0.759 bits per heavy atom. The van der Waals surface area contributed by atoms with Crippen LogP contribution in [0.25, 0.3) is 0 Å². The topological polar surface area (TPSA) is 9.23 Å². The van der Waals surface area contributed by atoms with Crippen molar-refractivity contribution in [1.82, 2.24) is 0 Å². The molecule has 5 saturated carbocycles. The van der Waals surface area contributed by atoms with Crippen LogP contribution in [0.5, 0.6) is 0 Å². The van der Waals surface area contributed by atoms with E-state index in [4.69, 9.17) is 4.74 Å². The monoisotopic (exact) mass is 412 g/mol. The maximum atomic E-state index is 14.6. The van der Waals surface area contributed by atoms with Crippen molar-refractivity contribution in [3.63, 3.8) is 0 Å². The minimum Gasteiger partial charge on any atom is -0.369 e. The van der Waals surface area contributed by atoms with E-state index in [1.165, 1.54) is 64.2 Å². The van der Waals surface area contributed by atoms with Gasteiger partial charge < -0.3 is 4.74 Å². The molecule has 2 unspecified atom stereocenters. The molecule has 0 radical (unpaired) electrons. The summed E-state index contributed by atoms with van der Waals surface area (Å²) in [5.41, 5.74) is 1.26. The van der Waals surface area contributed by atoms with Gasteiger partial charge in [0.2, 0.25) is 0 Å². The molecule has 0 saturated heterocycles. The molecule has 2 bridgehead atoms. The lowest BCUT2D eigenvalue weighted by Gasteiger charge is -2.57. The van der Waals surface area contributed by atoms with Crippen LogP contribution in [0, 0.1) is 28.6 Å². The van der Waals surface area contributed by atoms with Gasteiger partial charge in [-0.25, -0.2) is 8.78 Å². The van der Waals surface area contributed by atoms with Crippen LogP contribution in [-0.4, -0.2) is 24.6 Å². The maximum Gasteiger partial charge on any atom is 0.129 e. The van der Waals surface area contributed by atoms with E-state index < -0.39 is 18.4 Å². The molecule has 0 aromatic rings. The fourth-order valence-corrected chi connectivity index (χ4v) is 7.26. The lowest BCUT2D eigenvalue weighted by Crippen LogP contribution is -2.47. The second-order valence-corrected chi connectivity index (χ2v) is 11.2. The molecule has 0 amide bonds. The van der Waals surface area contributed by atoms with Gasteiger partial charge in [-0.1, -0.05) is 20.8 Å². The predicted molar refractivity (Wildman–Crippen MR) is 118 cm³/mol. The molecule has 5 rings (SSSR count). The zero-order valence-corrected chi connectivity index (χ0v) is 19.7. The molecular formula is C26H46F2O. The second kappa shape index (κ2) is 9.53. The number of halogens is 2. The highest BCUT2D eigenvalue weighted by Gasteiger charge is 2.51. The summed E-state index contributed by atoms with van der Waals surface area (Å²) in [6.45, 7) is 10.2. The van der Waals surface area contributed by atoms with Crippen molar-refractivity contribution in [3.8, 4) is 0 Å². The molecule has 0 aromatic carbocycles. The maximum absolute atomic E-state index is 14.6. The van der Waals surface area contributed by atoms with E-state index in [0.717, 1.165) is 5.92 Å². The first-order valence-corrected chi connectivity index (χ1v) is 12.7. The smallest absolute Gasteiger partial charge is 0.129 e. The summed E-state index contributed by atoms with van der Waals surface area (Å²) in [4.78, 5) is 0. The summed E-state index contributed by atoms with van der Waals surface area (Å²) in [5.74, 6) is 1.63. The minimum absolute atomic E-state index is 0.106. The number of rotatable bonds is 4. The van der Waals surface area contributed by atoms with E-state index in [1.54, 1.807) is 0 Å². The fraction of sp³-hybridized carbons (Fsp3) is 1.00. The molecule has 5 aliphatic rings. The number of ether oxygens (including phenoxy) is 1. The molecule has 0 aliphatic heterocycles. The molecule has 1 nitrogen and oxygen atoms in total. The highest BCUT2D eigenvalue weighted by Crippen LogP contribution is 2.62. The fourth-order valence-electron chi connectivity index (χ4n) is 7.26. The number of hydrogen-bond donors (Lipinski definition) is 0. The van der Waals surface area contributed by atoms with Gasteiger partial charge in [0.05, 0.1) is 6.10 Å². The zero-order chi connectivity index (χ0) is 21.2. The lowest BCUT2D eigenvalue weighted by molar-refractivity contribution is -0.113. The molecular weight excluding hydrogens is 366 g/mol. The molecule has 3 heteroatoms. The predicted octanol–water partition coefficient (Wildman–Crippen LogP) is 8.06. The minimum atomic E-state index is -1.13. The van der Waals surface area contributed by atoms with Crippen molar-refractivity contribution >= 4 is 0 Å². The van der Waals surface area contributed by atoms with Crippen molar-refractivity contribution in [2.45, 2.75) is 136 Å². The van der Waals surface area contributed by atoms with Gasteiger partial charge in [-0.2, -0.15) is 0 Å². The van der Waals surface area contributed by atoms with E-state index in [0.29, 0.717) is 29.6 Å². The van der Waals surface area contributed by atoms with Crippen LogP contribution in [-0.2, 0) is 4.74 Å². The van der Waals surface area contributed by atoms with Gasteiger partial charge in [-0.3, -0.25) is 0 Å². The molecule has 29 heavy (non-hydrogen) atoms. The third kappa shape index (κ3) is 5.01. The Bertz CT molecular complexity index is 474. The second-order valence-electron chi connectivity index (χ2n) is 11.2. The summed E-state index contributed by atoms with van der Waals surface area (Å²) >= 11 is 0. The quantitative estimate of drug-likeness (QED) is 0.454. The summed E-state index contributed by atoms with van der Waals surface area (Å²) < 4.78 is 34.8. The van der Waals surface area contributed by atoms with Crippen molar-refractivity contribution in [3.05, 3.63) is 0 Å². The molecule has 0 aromatic heterocycles. The first-order chi connectivity index (χ1) is 13.8. The Labute approximate surface area is 178 Å². The number of hydrogen-bond acceptors (Lipinski definition) is 1. The van der Waals surface area contributed by atoms with Crippen molar-refractivity contribution in [2.24, 2.45) is 28.6 Å². The van der Waals surface area contributed by atoms with E-state index in [1.807, 2.05) is 27.7 Å². The Morgan fingerprint density at radius 2 is 1.24 bits per heavy atom. The standard InChI is InChI=1S/C24H40F2O.C2H6/c1-16(2)27-22-20(25)14-18(15-21(22)26)17-4-6-19(7-5-17)24-11-8-23(3,9-12-24)10-13-24;1-2/h16-22H,4-15H2,1-3H3;1-2H3. The summed E-state index contributed by atoms with van der Waals surface area (Å²) in [5, 5.41) is 0. The molecule has 0 heterocycles. The van der Waals surface area contributed by atoms with Crippen molar-refractivity contribution in [2.75, 3.05) is 0 Å². The third-order valence-corrected chi connectivity index (χ3v) is 9.18. The number of alkyl halides is 2. The largest absolute Gasteiger partial charge is 0.369 e. The van der Waals surface area contributed by atoms with Gasteiger partial charge in [0.15, 0.2) is 0 Å². The normalized spacial score (nSPS) is 47.6. The molecule has 5 fully saturated rings. The Kier molecular flexibility index (Phi) is 7.72. The average Bonchev–Trinajstić information content (AvgIpc) is 2.73. The van der Waals surface area contributed by atoms with Crippen LogP contribution >= 0.6 is 0 Å². The highest BCUT2D eigenvalue weighted by atomic mass is 19.1. The highest BCUT2D eigenvalue weighted by molar-refractivity contribution is 5.02. The molecule has 0 N–H and O–H groups in total. The lowest BCUT2D eigenvalue weighted by atomic mass is 9.48. The van der Waals surface area contributed by atoms with Gasteiger partial charge in [0.25, 0.3) is 0 Å². The first-order valence-electron chi connectivity index (χ1n) is 12.7.